The van der Waals surface area contributed by atoms with Crippen LogP contribution < -0.4 is 5.32 Å². The van der Waals surface area contributed by atoms with Gasteiger partial charge in [-0.15, -0.1) is 0 Å². The molecule has 1 aliphatic heterocycles. The maximum absolute atomic E-state index is 4.30. The number of hydrogen-bond donors (Lipinski definition) is 1. The molecule has 4 heteroatoms. The first-order chi connectivity index (χ1) is 10.1. The maximum atomic E-state index is 4.30. The van der Waals surface area contributed by atoms with Gasteiger partial charge in [0.25, 0.3) is 0 Å². The van der Waals surface area contributed by atoms with E-state index in [4.69, 9.17) is 0 Å². The zero-order valence-electron chi connectivity index (χ0n) is 12.9. The average Bonchev–Trinajstić information content (AvgIpc) is 3.00. The SMILES string of the molecule is CC1(C)CNC(c2ccccc2)CN1CCn1cccn1. The molecular weight excluding hydrogens is 260 g/mol. The smallest absolute Gasteiger partial charge is 0.0536 e. The molecule has 112 valence electrons. The lowest BCUT2D eigenvalue weighted by Gasteiger charge is -2.46. The first kappa shape index (κ1) is 14.3. The first-order valence-electron chi connectivity index (χ1n) is 7.66. The fraction of sp³-hybridized carbons (Fsp3) is 0.471. The van der Waals surface area contributed by atoms with E-state index in [0.29, 0.717) is 6.04 Å². The summed E-state index contributed by atoms with van der Waals surface area (Å²) < 4.78 is 2.01. The van der Waals surface area contributed by atoms with Crippen LogP contribution in [0.5, 0.6) is 0 Å². The zero-order valence-corrected chi connectivity index (χ0v) is 12.9. The van der Waals surface area contributed by atoms with Gasteiger partial charge in [-0.05, 0) is 25.5 Å². The fourth-order valence-electron chi connectivity index (χ4n) is 2.98. The highest BCUT2D eigenvalue weighted by Gasteiger charge is 2.33. The molecule has 4 nitrogen and oxygen atoms in total. The van der Waals surface area contributed by atoms with Gasteiger partial charge in [-0.1, -0.05) is 30.3 Å². The molecule has 0 aliphatic carbocycles. The fourth-order valence-corrected chi connectivity index (χ4v) is 2.98. The van der Waals surface area contributed by atoms with Crippen LogP contribution in [0.1, 0.15) is 25.5 Å². The summed E-state index contributed by atoms with van der Waals surface area (Å²) in [6.45, 7) is 8.64. The second-order valence-electron chi connectivity index (χ2n) is 6.37. The van der Waals surface area contributed by atoms with Crippen LogP contribution in [-0.2, 0) is 6.54 Å². The van der Waals surface area contributed by atoms with Gasteiger partial charge in [0.05, 0.1) is 6.54 Å². The maximum Gasteiger partial charge on any atom is 0.0536 e. The molecule has 0 spiro atoms. The van der Waals surface area contributed by atoms with Gasteiger partial charge in [-0.3, -0.25) is 9.58 Å². The monoisotopic (exact) mass is 284 g/mol. The first-order valence-corrected chi connectivity index (χ1v) is 7.66. The molecule has 1 unspecified atom stereocenters. The van der Waals surface area contributed by atoms with Crippen LogP contribution in [0.4, 0.5) is 0 Å². The van der Waals surface area contributed by atoms with Crippen molar-refractivity contribution in [2.45, 2.75) is 32.0 Å². The van der Waals surface area contributed by atoms with E-state index in [0.717, 1.165) is 26.2 Å². The van der Waals surface area contributed by atoms with E-state index in [2.05, 4.69) is 59.5 Å². The Morgan fingerprint density at radius 1 is 1.19 bits per heavy atom. The molecule has 1 aromatic heterocycles. The number of hydrogen-bond acceptors (Lipinski definition) is 3. The topological polar surface area (TPSA) is 33.1 Å². The molecule has 0 saturated carbocycles. The van der Waals surface area contributed by atoms with E-state index in [-0.39, 0.29) is 5.54 Å². The molecule has 0 bridgehead atoms. The molecule has 2 heterocycles. The van der Waals surface area contributed by atoms with Crippen molar-refractivity contribution in [3.05, 3.63) is 54.4 Å². The van der Waals surface area contributed by atoms with E-state index in [9.17, 15) is 0 Å². The molecule has 1 aromatic carbocycles. The number of nitrogens with one attached hydrogen (secondary N) is 1. The Morgan fingerprint density at radius 2 is 2.00 bits per heavy atom. The van der Waals surface area contributed by atoms with Crippen molar-refractivity contribution in [1.82, 2.24) is 20.0 Å². The van der Waals surface area contributed by atoms with Crippen LogP contribution in [0.25, 0.3) is 0 Å². The zero-order chi connectivity index (χ0) is 14.7. The Labute approximate surface area is 126 Å². The Balaban J connectivity index is 1.67. The molecule has 1 N–H and O–H groups in total. The summed E-state index contributed by atoms with van der Waals surface area (Å²) in [7, 11) is 0. The summed E-state index contributed by atoms with van der Waals surface area (Å²) in [5, 5.41) is 7.98. The number of piperazine rings is 1. The number of aromatic nitrogens is 2. The van der Waals surface area contributed by atoms with Crippen molar-refractivity contribution < 1.29 is 0 Å². The van der Waals surface area contributed by atoms with Gasteiger partial charge in [-0.25, -0.2) is 0 Å². The van der Waals surface area contributed by atoms with Crippen LogP contribution in [-0.4, -0.2) is 39.9 Å². The second-order valence-corrected chi connectivity index (χ2v) is 6.37. The molecule has 0 amide bonds. The van der Waals surface area contributed by atoms with Gasteiger partial charge in [-0.2, -0.15) is 5.10 Å². The molecule has 21 heavy (non-hydrogen) atoms. The van der Waals surface area contributed by atoms with Gasteiger partial charge in [0.2, 0.25) is 0 Å². The molecule has 2 aromatic rings. The van der Waals surface area contributed by atoms with E-state index < -0.39 is 0 Å². The van der Waals surface area contributed by atoms with Crippen LogP contribution in [0, 0.1) is 0 Å². The predicted octanol–water partition coefficient (Wildman–Crippen LogP) is 2.31. The summed E-state index contributed by atoms with van der Waals surface area (Å²) in [6.07, 6.45) is 3.87. The van der Waals surface area contributed by atoms with Crippen molar-refractivity contribution in [1.29, 1.82) is 0 Å². The number of rotatable bonds is 4. The molecule has 1 aliphatic rings. The lowest BCUT2D eigenvalue weighted by Crippen LogP contribution is -2.59. The molecule has 3 rings (SSSR count). The van der Waals surface area contributed by atoms with Gasteiger partial charge < -0.3 is 5.32 Å². The van der Waals surface area contributed by atoms with Gasteiger partial charge in [0.15, 0.2) is 0 Å². The third kappa shape index (κ3) is 3.34. The Bertz CT molecular complexity index is 547. The van der Waals surface area contributed by atoms with Crippen LogP contribution in [0.3, 0.4) is 0 Å². The molecule has 0 radical (unpaired) electrons. The van der Waals surface area contributed by atoms with Crippen molar-refractivity contribution in [2.24, 2.45) is 0 Å². The van der Waals surface area contributed by atoms with E-state index in [1.807, 2.05) is 23.1 Å². The third-order valence-electron chi connectivity index (χ3n) is 4.40. The van der Waals surface area contributed by atoms with E-state index in [1.54, 1.807) is 0 Å². The lowest BCUT2D eigenvalue weighted by molar-refractivity contribution is 0.0615. The Hall–Kier alpha value is -1.65. The van der Waals surface area contributed by atoms with E-state index in [1.165, 1.54) is 5.56 Å². The van der Waals surface area contributed by atoms with Crippen molar-refractivity contribution in [3.8, 4) is 0 Å². The Kier molecular flexibility index (Phi) is 4.08. The van der Waals surface area contributed by atoms with Crippen molar-refractivity contribution >= 4 is 0 Å². The van der Waals surface area contributed by atoms with Crippen LogP contribution in [0.2, 0.25) is 0 Å². The average molecular weight is 284 g/mol. The minimum absolute atomic E-state index is 0.179. The van der Waals surface area contributed by atoms with Crippen LogP contribution in [0.15, 0.2) is 48.8 Å². The highest BCUT2D eigenvalue weighted by atomic mass is 15.3. The number of benzene rings is 1. The summed E-state index contributed by atoms with van der Waals surface area (Å²) in [4.78, 5) is 2.57. The second kappa shape index (κ2) is 6.00. The standard InChI is InChI=1S/C17H24N4/c1-17(2)14-18-16(15-7-4-3-5-8-15)13-20(17)11-12-21-10-6-9-19-21/h3-10,16,18H,11-14H2,1-2H3. The normalized spacial score (nSPS) is 22.3. The summed E-state index contributed by atoms with van der Waals surface area (Å²) in [6, 6.07) is 13.1. The quantitative estimate of drug-likeness (QED) is 0.935. The molecule has 1 saturated heterocycles. The third-order valence-corrected chi connectivity index (χ3v) is 4.40. The lowest BCUT2D eigenvalue weighted by atomic mass is 9.94. The van der Waals surface area contributed by atoms with Crippen molar-refractivity contribution in [3.63, 3.8) is 0 Å². The van der Waals surface area contributed by atoms with Gasteiger partial charge in [0, 0.05) is 43.6 Å². The number of nitrogens with zero attached hydrogens (tertiary/aromatic N) is 3. The summed E-state index contributed by atoms with van der Waals surface area (Å²) >= 11 is 0. The highest BCUT2D eigenvalue weighted by molar-refractivity contribution is 5.20. The highest BCUT2D eigenvalue weighted by Crippen LogP contribution is 2.25. The largest absolute Gasteiger partial charge is 0.307 e. The van der Waals surface area contributed by atoms with Crippen molar-refractivity contribution in [2.75, 3.05) is 19.6 Å². The molecule has 1 atom stereocenters. The molecular formula is C17H24N4. The van der Waals surface area contributed by atoms with Gasteiger partial charge >= 0.3 is 0 Å². The summed E-state index contributed by atoms with van der Waals surface area (Å²) in [5.41, 5.74) is 1.55. The van der Waals surface area contributed by atoms with E-state index >= 15 is 0 Å². The van der Waals surface area contributed by atoms with Gasteiger partial charge in [0.1, 0.15) is 0 Å². The minimum atomic E-state index is 0.179. The molecule has 1 fully saturated rings. The minimum Gasteiger partial charge on any atom is -0.307 e. The summed E-state index contributed by atoms with van der Waals surface area (Å²) in [5.74, 6) is 0. The van der Waals surface area contributed by atoms with Crippen LogP contribution >= 0.6 is 0 Å². The Morgan fingerprint density at radius 3 is 2.71 bits per heavy atom. The predicted molar refractivity (Wildman–Crippen MR) is 85.1 cm³/mol.